The van der Waals surface area contributed by atoms with E-state index in [4.69, 9.17) is 0 Å². The molecule has 0 spiro atoms. The highest BCUT2D eigenvalue weighted by Crippen LogP contribution is 1.96. The van der Waals surface area contributed by atoms with E-state index in [0.717, 1.165) is 19.5 Å². The second-order valence-corrected chi connectivity index (χ2v) is 2.76. The first kappa shape index (κ1) is 9.44. The van der Waals surface area contributed by atoms with Gasteiger partial charge in [0.15, 0.2) is 0 Å². The number of hydrogen-bond donors (Lipinski definition) is 0. The number of nitrogens with zero attached hydrogens (tertiary/aromatic N) is 1. The molecule has 0 aromatic heterocycles. The van der Waals surface area contributed by atoms with Crippen molar-refractivity contribution in [3.63, 3.8) is 0 Å². The highest BCUT2D eigenvalue weighted by Gasteiger charge is 1.93. The van der Waals surface area contributed by atoms with Gasteiger partial charge in [0.1, 0.15) is 0 Å². The van der Waals surface area contributed by atoms with Gasteiger partial charge in [-0.25, -0.2) is 0 Å². The van der Waals surface area contributed by atoms with Crippen LogP contribution in [0.2, 0.25) is 0 Å². The predicted octanol–water partition coefficient (Wildman–Crippen LogP) is 2.07. The molecular weight excluding hydrogens is 122 g/mol. The zero-order chi connectivity index (χ0) is 7.98. The second-order valence-electron chi connectivity index (χ2n) is 2.76. The van der Waals surface area contributed by atoms with Gasteiger partial charge in [0.25, 0.3) is 0 Å². The van der Waals surface area contributed by atoms with Crippen LogP contribution in [0.4, 0.5) is 0 Å². The summed E-state index contributed by atoms with van der Waals surface area (Å²) in [7, 11) is 2.09. The molecular formula is C9H17N. The van der Waals surface area contributed by atoms with Crippen molar-refractivity contribution < 1.29 is 0 Å². The van der Waals surface area contributed by atoms with E-state index in [0.29, 0.717) is 0 Å². The van der Waals surface area contributed by atoms with Crippen LogP contribution >= 0.6 is 0 Å². The molecule has 0 saturated heterocycles. The fourth-order valence-electron chi connectivity index (χ4n) is 0.693. The first-order valence-corrected chi connectivity index (χ1v) is 3.60. The SMILES string of the molecule is C=CCN(C)CCC(=C)C. The van der Waals surface area contributed by atoms with Crippen molar-refractivity contribution in [3.8, 4) is 0 Å². The minimum Gasteiger partial charge on any atom is -0.302 e. The summed E-state index contributed by atoms with van der Waals surface area (Å²) in [4.78, 5) is 2.22. The summed E-state index contributed by atoms with van der Waals surface area (Å²) in [6, 6.07) is 0. The molecule has 0 amide bonds. The minimum absolute atomic E-state index is 0.966. The number of rotatable bonds is 5. The van der Waals surface area contributed by atoms with Gasteiger partial charge in [0.2, 0.25) is 0 Å². The zero-order valence-electron chi connectivity index (χ0n) is 7.06. The largest absolute Gasteiger partial charge is 0.302 e. The lowest BCUT2D eigenvalue weighted by atomic mass is 10.2. The monoisotopic (exact) mass is 139 g/mol. The van der Waals surface area contributed by atoms with Gasteiger partial charge >= 0.3 is 0 Å². The summed E-state index contributed by atoms with van der Waals surface area (Å²) in [6.07, 6.45) is 3.00. The third-order valence-corrected chi connectivity index (χ3v) is 1.36. The molecule has 0 aromatic carbocycles. The van der Waals surface area contributed by atoms with Crippen LogP contribution in [0.3, 0.4) is 0 Å². The molecule has 0 rings (SSSR count). The van der Waals surface area contributed by atoms with Crippen LogP contribution in [0.1, 0.15) is 13.3 Å². The van der Waals surface area contributed by atoms with E-state index in [2.05, 4.69) is 32.0 Å². The Bertz CT molecular complexity index is 116. The summed E-state index contributed by atoms with van der Waals surface area (Å²) in [5, 5.41) is 0. The first-order valence-electron chi connectivity index (χ1n) is 3.60. The molecule has 0 saturated carbocycles. The first-order chi connectivity index (χ1) is 4.66. The van der Waals surface area contributed by atoms with E-state index in [9.17, 15) is 0 Å². The number of likely N-dealkylation sites (N-methyl/N-ethyl adjacent to an activating group) is 1. The normalized spacial score (nSPS) is 9.90. The molecule has 0 N–H and O–H groups in total. The smallest absolute Gasteiger partial charge is 0.0157 e. The van der Waals surface area contributed by atoms with E-state index < -0.39 is 0 Å². The van der Waals surface area contributed by atoms with Gasteiger partial charge in [-0.3, -0.25) is 0 Å². The Morgan fingerprint density at radius 2 is 2.20 bits per heavy atom. The molecule has 0 fully saturated rings. The molecule has 10 heavy (non-hydrogen) atoms. The van der Waals surface area contributed by atoms with Crippen LogP contribution in [0.5, 0.6) is 0 Å². The topological polar surface area (TPSA) is 3.24 Å². The van der Waals surface area contributed by atoms with Crippen molar-refractivity contribution in [2.75, 3.05) is 20.1 Å². The predicted molar refractivity (Wildman–Crippen MR) is 47.1 cm³/mol. The molecule has 0 aliphatic carbocycles. The van der Waals surface area contributed by atoms with Gasteiger partial charge in [-0.2, -0.15) is 0 Å². The summed E-state index contributed by atoms with van der Waals surface area (Å²) < 4.78 is 0. The Labute approximate surface area is 64.0 Å². The Morgan fingerprint density at radius 1 is 1.60 bits per heavy atom. The van der Waals surface area contributed by atoms with Gasteiger partial charge in [0, 0.05) is 13.1 Å². The van der Waals surface area contributed by atoms with Gasteiger partial charge < -0.3 is 4.90 Å². The zero-order valence-corrected chi connectivity index (χ0v) is 7.06. The van der Waals surface area contributed by atoms with Crippen molar-refractivity contribution in [1.82, 2.24) is 4.90 Å². The van der Waals surface area contributed by atoms with Crippen LogP contribution in [0.25, 0.3) is 0 Å². The van der Waals surface area contributed by atoms with Crippen molar-refractivity contribution in [2.45, 2.75) is 13.3 Å². The summed E-state index contributed by atoms with van der Waals surface area (Å²) in [5.74, 6) is 0. The summed E-state index contributed by atoms with van der Waals surface area (Å²) in [5.41, 5.74) is 1.25. The summed E-state index contributed by atoms with van der Waals surface area (Å²) >= 11 is 0. The Hall–Kier alpha value is -0.560. The van der Waals surface area contributed by atoms with Gasteiger partial charge in [-0.1, -0.05) is 11.6 Å². The van der Waals surface area contributed by atoms with Crippen molar-refractivity contribution >= 4 is 0 Å². The Balaban J connectivity index is 3.29. The average molecular weight is 139 g/mol. The van der Waals surface area contributed by atoms with Crippen molar-refractivity contribution in [3.05, 3.63) is 24.8 Å². The van der Waals surface area contributed by atoms with Crippen molar-refractivity contribution in [2.24, 2.45) is 0 Å². The Kier molecular flexibility index (Phi) is 4.95. The van der Waals surface area contributed by atoms with E-state index in [-0.39, 0.29) is 0 Å². The molecule has 58 valence electrons. The third kappa shape index (κ3) is 5.57. The Morgan fingerprint density at radius 3 is 2.60 bits per heavy atom. The quantitative estimate of drug-likeness (QED) is 0.527. The third-order valence-electron chi connectivity index (χ3n) is 1.36. The lowest BCUT2D eigenvalue weighted by Crippen LogP contribution is -2.19. The molecule has 0 aliphatic heterocycles. The van der Waals surface area contributed by atoms with E-state index in [1.165, 1.54) is 5.57 Å². The maximum atomic E-state index is 3.83. The molecule has 0 heterocycles. The van der Waals surface area contributed by atoms with Crippen LogP contribution < -0.4 is 0 Å². The van der Waals surface area contributed by atoms with Gasteiger partial charge in [0.05, 0.1) is 0 Å². The van der Waals surface area contributed by atoms with Gasteiger partial charge in [-0.05, 0) is 20.4 Å². The highest BCUT2D eigenvalue weighted by atomic mass is 15.1. The molecule has 1 heteroatoms. The fraction of sp³-hybridized carbons (Fsp3) is 0.556. The van der Waals surface area contributed by atoms with E-state index >= 15 is 0 Å². The molecule has 0 aromatic rings. The molecule has 1 nitrogen and oxygen atoms in total. The highest BCUT2D eigenvalue weighted by molar-refractivity contribution is 4.88. The van der Waals surface area contributed by atoms with Crippen molar-refractivity contribution in [1.29, 1.82) is 0 Å². The minimum atomic E-state index is 0.966. The molecule has 0 aliphatic rings. The van der Waals surface area contributed by atoms with Crippen LogP contribution in [-0.2, 0) is 0 Å². The maximum Gasteiger partial charge on any atom is 0.0157 e. The van der Waals surface area contributed by atoms with Crippen LogP contribution in [-0.4, -0.2) is 25.0 Å². The van der Waals surface area contributed by atoms with E-state index in [1.807, 2.05) is 6.08 Å². The molecule has 0 atom stereocenters. The molecule has 0 unspecified atom stereocenters. The average Bonchev–Trinajstić information content (AvgIpc) is 1.85. The van der Waals surface area contributed by atoms with Crippen LogP contribution in [0, 0.1) is 0 Å². The fourth-order valence-corrected chi connectivity index (χ4v) is 0.693. The van der Waals surface area contributed by atoms with Crippen LogP contribution in [0.15, 0.2) is 24.8 Å². The number of hydrogen-bond acceptors (Lipinski definition) is 1. The second kappa shape index (κ2) is 5.24. The van der Waals surface area contributed by atoms with Gasteiger partial charge in [-0.15, -0.1) is 13.2 Å². The lowest BCUT2D eigenvalue weighted by molar-refractivity contribution is 0.375. The lowest BCUT2D eigenvalue weighted by Gasteiger charge is -2.13. The standard InChI is InChI=1S/C9H17N/c1-5-7-10(4)8-6-9(2)3/h5H,1-2,6-8H2,3-4H3. The maximum absolute atomic E-state index is 3.83. The molecule has 0 bridgehead atoms. The van der Waals surface area contributed by atoms with E-state index in [1.54, 1.807) is 0 Å². The summed E-state index contributed by atoms with van der Waals surface area (Å²) in [6.45, 7) is 11.6. The molecule has 0 radical (unpaired) electrons.